The summed E-state index contributed by atoms with van der Waals surface area (Å²) in [7, 11) is 0. The van der Waals surface area contributed by atoms with Crippen LogP contribution >= 0.6 is 0 Å². The average molecular weight is 835 g/mol. The number of hydrogen-bond donors (Lipinski definition) is 4. The van der Waals surface area contributed by atoms with Crippen LogP contribution < -0.4 is 10.6 Å². The fraction of sp³-hybridized carbons (Fsp3) is 0.608. The summed E-state index contributed by atoms with van der Waals surface area (Å²) in [5, 5.41) is 22.5. The first-order valence-corrected chi connectivity index (χ1v) is 23.1. The lowest BCUT2D eigenvalue weighted by molar-refractivity contribution is -0.147. The molecule has 0 saturated carbocycles. The van der Waals surface area contributed by atoms with Crippen molar-refractivity contribution in [2.45, 2.75) is 187 Å². The van der Waals surface area contributed by atoms with Gasteiger partial charge in [-0.3, -0.25) is 14.4 Å². The standard InChI is InChI=1S/C51H82N2O7/c1-3-5-7-9-11-13-14-15-16-17-18-19-20-21-22-23-24-25-26-27-29-35-39-43-50(57)60-46(40-36-32-28-12-10-8-6-4-2)41-37-33-30-31-34-38-42-48(55)52-44-49(56)53-47(45-54)51(58)59/h5,7,11-13,15-16,18-19,21-22,24-25,28,36,40,46-47,54H,3-4,6,8-10,14,17,20,23,26-27,29-35,37-39,41-45H2,1-2H3,(H,52,55)(H,53,56)(H,58,59)/b7-5-,13-11-,16-15-,19-18-,22-21-,25-24-,28-12-,40-36-. The molecule has 0 aliphatic carbocycles. The van der Waals surface area contributed by atoms with E-state index in [0.717, 1.165) is 122 Å². The van der Waals surface area contributed by atoms with Gasteiger partial charge in [0.2, 0.25) is 11.8 Å². The minimum Gasteiger partial charge on any atom is -0.480 e. The monoisotopic (exact) mass is 835 g/mol. The summed E-state index contributed by atoms with van der Waals surface area (Å²) < 4.78 is 5.92. The smallest absolute Gasteiger partial charge is 0.328 e. The number of hydrogen-bond acceptors (Lipinski definition) is 6. The topological polar surface area (TPSA) is 142 Å². The minimum atomic E-state index is -1.39. The summed E-state index contributed by atoms with van der Waals surface area (Å²) in [6.45, 7) is 3.31. The zero-order valence-electron chi connectivity index (χ0n) is 37.4. The number of amides is 2. The fourth-order valence-corrected chi connectivity index (χ4v) is 6.02. The van der Waals surface area contributed by atoms with E-state index in [9.17, 15) is 19.2 Å². The van der Waals surface area contributed by atoms with Crippen LogP contribution in [0.5, 0.6) is 0 Å². The normalized spacial score (nSPS) is 13.4. The molecule has 0 radical (unpaired) electrons. The van der Waals surface area contributed by atoms with Gasteiger partial charge in [0, 0.05) is 12.8 Å². The van der Waals surface area contributed by atoms with Gasteiger partial charge in [-0.05, 0) is 102 Å². The van der Waals surface area contributed by atoms with Crippen molar-refractivity contribution < 1.29 is 34.1 Å². The zero-order chi connectivity index (χ0) is 44.0. The van der Waals surface area contributed by atoms with Gasteiger partial charge in [-0.1, -0.05) is 156 Å². The van der Waals surface area contributed by atoms with E-state index in [4.69, 9.17) is 14.9 Å². The molecule has 2 amide bonds. The van der Waals surface area contributed by atoms with Crippen LogP contribution in [0.1, 0.15) is 174 Å². The quantitative estimate of drug-likeness (QED) is 0.0273. The van der Waals surface area contributed by atoms with Crippen molar-refractivity contribution in [2.75, 3.05) is 13.2 Å². The van der Waals surface area contributed by atoms with Crippen molar-refractivity contribution in [3.63, 3.8) is 0 Å². The number of carbonyl (C=O) groups is 4. The van der Waals surface area contributed by atoms with Crippen LogP contribution in [0.4, 0.5) is 0 Å². The maximum atomic E-state index is 12.8. The third-order valence-electron chi connectivity index (χ3n) is 9.55. The van der Waals surface area contributed by atoms with Crippen LogP contribution in [0.25, 0.3) is 0 Å². The van der Waals surface area contributed by atoms with Gasteiger partial charge >= 0.3 is 11.9 Å². The van der Waals surface area contributed by atoms with Gasteiger partial charge in [-0.2, -0.15) is 0 Å². The van der Waals surface area contributed by atoms with Gasteiger partial charge in [0.1, 0.15) is 12.1 Å². The Labute approximate surface area is 364 Å². The number of carboxylic acid groups (broad SMARTS) is 1. The molecule has 0 bridgehead atoms. The molecule has 60 heavy (non-hydrogen) atoms. The van der Waals surface area contributed by atoms with Crippen molar-refractivity contribution >= 4 is 23.8 Å². The number of carboxylic acids is 1. The lowest BCUT2D eigenvalue weighted by atomic mass is 10.1. The lowest BCUT2D eigenvalue weighted by Crippen LogP contribution is -2.47. The van der Waals surface area contributed by atoms with Crippen molar-refractivity contribution in [3.05, 3.63) is 97.2 Å². The molecule has 0 saturated heterocycles. The SMILES string of the molecule is CC/C=C\C/C=C\C/C=C\C/C=C\C/C=C\C/C=C\CCCCCCC(=O)OC(/C=C\C/C=C\CCCCC)CCCCCCCCC(=O)NCC(=O)NC(CO)C(=O)O. The van der Waals surface area contributed by atoms with Crippen molar-refractivity contribution in [3.8, 4) is 0 Å². The van der Waals surface area contributed by atoms with E-state index in [1.165, 1.54) is 19.3 Å². The molecule has 0 aromatic rings. The Bertz CT molecular complexity index is 1320. The van der Waals surface area contributed by atoms with Crippen molar-refractivity contribution in [1.29, 1.82) is 0 Å². The average Bonchev–Trinajstić information content (AvgIpc) is 3.23. The Morgan fingerprint density at radius 3 is 1.53 bits per heavy atom. The number of aliphatic hydroxyl groups excluding tert-OH is 1. The first-order chi connectivity index (χ1) is 29.3. The molecule has 0 rings (SSSR count). The Morgan fingerprint density at radius 2 is 1.00 bits per heavy atom. The van der Waals surface area contributed by atoms with Crippen LogP contribution in [-0.2, 0) is 23.9 Å². The molecular formula is C51H82N2O7. The second-order valence-electron chi connectivity index (χ2n) is 15.1. The predicted molar refractivity (Wildman–Crippen MR) is 249 cm³/mol. The number of unbranched alkanes of at least 4 members (excludes halogenated alkanes) is 12. The van der Waals surface area contributed by atoms with Gasteiger partial charge in [0.05, 0.1) is 13.2 Å². The van der Waals surface area contributed by atoms with Crippen LogP contribution in [0.3, 0.4) is 0 Å². The van der Waals surface area contributed by atoms with Gasteiger partial charge in [-0.15, -0.1) is 0 Å². The highest BCUT2D eigenvalue weighted by Crippen LogP contribution is 2.15. The van der Waals surface area contributed by atoms with E-state index >= 15 is 0 Å². The first-order valence-electron chi connectivity index (χ1n) is 23.1. The fourth-order valence-electron chi connectivity index (χ4n) is 6.02. The molecule has 0 fully saturated rings. The molecule has 0 aliphatic heterocycles. The summed E-state index contributed by atoms with van der Waals surface area (Å²) in [6.07, 6.45) is 58.9. The number of aliphatic carboxylic acids is 1. The van der Waals surface area contributed by atoms with E-state index in [2.05, 4.69) is 116 Å². The maximum absolute atomic E-state index is 12.8. The third kappa shape index (κ3) is 40.5. The summed E-state index contributed by atoms with van der Waals surface area (Å²) >= 11 is 0. The van der Waals surface area contributed by atoms with Crippen molar-refractivity contribution in [2.24, 2.45) is 0 Å². The van der Waals surface area contributed by atoms with E-state index in [1.807, 2.05) is 6.08 Å². The molecule has 0 heterocycles. The number of ether oxygens (including phenoxy) is 1. The number of aliphatic hydroxyl groups is 1. The molecule has 2 unspecified atom stereocenters. The third-order valence-corrected chi connectivity index (χ3v) is 9.55. The van der Waals surface area contributed by atoms with E-state index in [-0.39, 0.29) is 30.9 Å². The second-order valence-corrected chi connectivity index (χ2v) is 15.1. The number of nitrogens with one attached hydrogen (secondary N) is 2. The van der Waals surface area contributed by atoms with Crippen LogP contribution in [0.2, 0.25) is 0 Å². The summed E-state index contributed by atoms with van der Waals surface area (Å²) in [5.74, 6) is -2.39. The predicted octanol–water partition coefficient (Wildman–Crippen LogP) is 11.8. The van der Waals surface area contributed by atoms with E-state index in [1.54, 1.807) is 0 Å². The second kappa shape index (κ2) is 44.3. The highest BCUT2D eigenvalue weighted by Gasteiger charge is 2.18. The Morgan fingerprint density at radius 1 is 0.533 bits per heavy atom. The molecule has 0 aromatic carbocycles. The van der Waals surface area contributed by atoms with Crippen molar-refractivity contribution in [1.82, 2.24) is 10.6 Å². The number of carbonyl (C=O) groups excluding carboxylic acids is 3. The molecule has 338 valence electrons. The molecule has 4 N–H and O–H groups in total. The highest BCUT2D eigenvalue weighted by molar-refractivity contribution is 5.87. The Kier molecular flexibility index (Phi) is 41.2. The number of rotatable bonds is 40. The van der Waals surface area contributed by atoms with Gasteiger partial charge < -0.3 is 25.6 Å². The number of esters is 1. The van der Waals surface area contributed by atoms with E-state index in [0.29, 0.717) is 12.8 Å². The van der Waals surface area contributed by atoms with Gasteiger partial charge in [0.25, 0.3) is 0 Å². The molecule has 0 aliphatic rings. The maximum Gasteiger partial charge on any atom is 0.328 e. The first kappa shape index (κ1) is 55.8. The number of allylic oxidation sites excluding steroid dienone is 15. The highest BCUT2D eigenvalue weighted by atomic mass is 16.5. The largest absolute Gasteiger partial charge is 0.480 e. The van der Waals surface area contributed by atoms with Crippen LogP contribution in [0.15, 0.2) is 97.2 Å². The van der Waals surface area contributed by atoms with Gasteiger partial charge in [-0.25, -0.2) is 4.79 Å². The summed E-state index contributed by atoms with van der Waals surface area (Å²) in [5.41, 5.74) is 0. The molecule has 0 aromatic heterocycles. The minimum absolute atomic E-state index is 0.123. The van der Waals surface area contributed by atoms with E-state index < -0.39 is 24.5 Å². The molecule has 2 atom stereocenters. The molecule has 0 spiro atoms. The molecule has 9 nitrogen and oxygen atoms in total. The molecular weight excluding hydrogens is 753 g/mol. The van der Waals surface area contributed by atoms with Crippen LogP contribution in [0, 0.1) is 0 Å². The lowest BCUT2D eigenvalue weighted by Gasteiger charge is -2.14. The van der Waals surface area contributed by atoms with Crippen LogP contribution in [-0.4, -0.2) is 59.3 Å². The zero-order valence-corrected chi connectivity index (χ0v) is 37.4. The van der Waals surface area contributed by atoms with Gasteiger partial charge in [0.15, 0.2) is 0 Å². The summed E-state index contributed by atoms with van der Waals surface area (Å²) in [6, 6.07) is -1.39. The molecule has 9 heteroatoms. The Hall–Kier alpha value is -4.24. The summed E-state index contributed by atoms with van der Waals surface area (Å²) in [4.78, 5) is 47.5. The Balaban J connectivity index is 4.27.